The summed E-state index contributed by atoms with van der Waals surface area (Å²) in [6.45, 7) is 7.70. The Hall–Kier alpha value is -0.850. The van der Waals surface area contributed by atoms with Crippen molar-refractivity contribution in [3.8, 4) is 0 Å². The van der Waals surface area contributed by atoms with Gasteiger partial charge in [-0.15, -0.1) is 0 Å². The molecule has 0 aromatic carbocycles. The van der Waals surface area contributed by atoms with E-state index in [-0.39, 0.29) is 0 Å². The van der Waals surface area contributed by atoms with Gasteiger partial charge in [-0.3, -0.25) is 0 Å². The summed E-state index contributed by atoms with van der Waals surface area (Å²) >= 11 is 0. The van der Waals surface area contributed by atoms with Crippen LogP contribution in [0.2, 0.25) is 0 Å². The van der Waals surface area contributed by atoms with Crippen LogP contribution in [0.4, 0.5) is 0 Å². The summed E-state index contributed by atoms with van der Waals surface area (Å²) in [4.78, 5) is 0. The average Bonchev–Trinajstić information content (AvgIpc) is 1.85. The van der Waals surface area contributed by atoms with Crippen molar-refractivity contribution in [1.29, 1.82) is 5.41 Å². The van der Waals surface area contributed by atoms with Gasteiger partial charge in [-0.1, -0.05) is 31.6 Å². The second kappa shape index (κ2) is 4.98. The predicted octanol–water partition coefficient (Wildman–Crippen LogP) is 2.94. The lowest BCUT2D eigenvalue weighted by Crippen LogP contribution is -1.88. The molecule has 1 N–H and O–H groups in total. The van der Waals surface area contributed by atoms with Crippen LogP contribution in [0.1, 0.15) is 26.7 Å². The van der Waals surface area contributed by atoms with Crippen LogP contribution >= 0.6 is 0 Å². The van der Waals surface area contributed by atoms with E-state index in [9.17, 15) is 0 Å². The van der Waals surface area contributed by atoms with E-state index in [1.54, 1.807) is 0 Å². The lowest BCUT2D eigenvalue weighted by Gasteiger charge is -1.91. The molecule has 0 fully saturated rings. The third kappa shape index (κ3) is 5.29. The second-order valence-electron chi connectivity index (χ2n) is 2.45. The molecule has 0 saturated carbocycles. The summed E-state index contributed by atoms with van der Waals surface area (Å²) in [6.07, 6.45) is 5.59. The van der Waals surface area contributed by atoms with Crippen LogP contribution in [-0.4, -0.2) is 5.71 Å². The minimum absolute atomic E-state index is 0.686. The predicted molar refractivity (Wildman–Crippen MR) is 46.6 cm³/mol. The van der Waals surface area contributed by atoms with Crippen LogP contribution in [-0.2, 0) is 0 Å². The van der Waals surface area contributed by atoms with Gasteiger partial charge in [0, 0.05) is 5.71 Å². The van der Waals surface area contributed by atoms with E-state index in [2.05, 4.69) is 13.5 Å². The highest BCUT2D eigenvalue weighted by Gasteiger charge is 1.86. The van der Waals surface area contributed by atoms with E-state index in [1.165, 1.54) is 0 Å². The van der Waals surface area contributed by atoms with E-state index < -0.39 is 0 Å². The van der Waals surface area contributed by atoms with E-state index in [0.29, 0.717) is 5.71 Å². The second-order valence-corrected chi connectivity index (χ2v) is 2.45. The summed E-state index contributed by atoms with van der Waals surface area (Å²) in [6, 6.07) is 0. The Bertz CT molecular complexity index is 154. The van der Waals surface area contributed by atoms with Gasteiger partial charge in [-0.2, -0.15) is 0 Å². The minimum Gasteiger partial charge on any atom is -0.305 e. The molecule has 0 atom stereocenters. The Morgan fingerprint density at radius 1 is 1.50 bits per heavy atom. The molecule has 0 heterocycles. The van der Waals surface area contributed by atoms with E-state index >= 15 is 0 Å². The van der Waals surface area contributed by atoms with Gasteiger partial charge < -0.3 is 5.41 Å². The van der Waals surface area contributed by atoms with Gasteiger partial charge in [0.1, 0.15) is 0 Å². The highest BCUT2D eigenvalue weighted by Crippen LogP contribution is 1.94. The lowest BCUT2D eigenvalue weighted by atomic mass is 10.2. The van der Waals surface area contributed by atoms with Crippen LogP contribution in [0.15, 0.2) is 24.3 Å². The molecule has 0 aliphatic carbocycles. The molecule has 0 bridgehead atoms. The zero-order valence-electron chi connectivity index (χ0n) is 6.78. The molecule has 0 aromatic rings. The molecular formula is C9H15N. The van der Waals surface area contributed by atoms with Crippen molar-refractivity contribution in [3.63, 3.8) is 0 Å². The maximum atomic E-state index is 7.35. The molecule has 0 rings (SSSR count). The Balaban J connectivity index is 3.67. The number of allylic oxidation sites excluding steroid dienone is 3. The summed E-state index contributed by atoms with van der Waals surface area (Å²) in [5.41, 5.74) is 1.69. The van der Waals surface area contributed by atoms with Crippen LogP contribution in [0.25, 0.3) is 0 Å². The highest BCUT2D eigenvalue weighted by atomic mass is 14.4. The molecule has 10 heavy (non-hydrogen) atoms. The van der Waals surface area contributed by atoms with Crippen molar-refractivity contribution in [1.82, 2.24) is 0 Å². The molecular weight excluding hydrogens is 122 g/mol. The molecule has 56 valence electrons. The molecule has 1 heteroatoms. The van der Waals surface area contributed by atoms with Gasteiger partial charge in [0.2, 0.25) is 0 Å². The first-order chi connectivity index (χ1) is 4.66. The van der Waals surface area contributed by atoms with E-state index in [0.717, 1.165) is 18.4 Å². The van der Waals surface area contributed by atoms with E-state index in [4.69, 9.17) is 5.41 Å². The van der Waals surface area contributed by atoms with Gasteiger partial charge >= 0.3 is 0 Å². The molecule has 1 nitrogen and oxygen atoms in total. The highest BCUT2D eigenvalue weighted by molar-refractivity contribution is 5.92. The van der Waals surface area contributed by atoms with Crippen LogP contribution in [0, 0.1) is 5.41 Å². The molecule has 0 aliphatic rings. The summed E-state index contributed by atoms with van der Waals surface area (Å²) in [7, 11) is 0. The third-order valence-electron chi connectivity index (χ3n) is 1.09. The van der Waals surface area contributed by atoms with Crippen molar-refractivity contribution in [2.24, 2.45) is 0 Å². The van der Waals surface area contributed by atoms with Gasteiger partial charge in [0.05, 0.1) is 0 Å². The SMILES string of the molecule is C=C(C)/C=C\C(=N)CCC. The first-order valence-corrected chi connectivity index (χ1v) is 3.57. The van der Waals surface area contributed by atoms with Crippen LogP contribution in [0.3, 0.4) is 0 Å². The maximum Gasteiger partial charge on any atom is 0.0313 e. The molecule has 0 aromatic heterocycles. The molecule has 0 aliphatic heterocycles. The smallest absolute Gasteiger partial charge is 0.0313 e. The van der Waals surface area contributed by atoms with E-state index in [1.807, 2.05) is 19.1 Å². The van der Waals surface area contributed by atoms with Gasteiger partial charge in [0.15, 0.2) is 0 Å². The fraction of sp³-hybridized carbons (Fsp3) is 0.444. The maximum absolute atomic E-state index is 7.35. The summed E-state index contributed by atoms with van der Waals surface area (Å²) in [5, 5.41) is 7.35. The number of hydrogen-bond acceptors (Lipinski definition) is 1. The topological polar surface area (TPSA) is 23.9 Å². The largest absolute Gasteiger partial charge is 0.305 e. The first-order valence-electron chi connectivity index (χ1n) is 3.57. The fourth-order valence-electron chi connectivity index (χ4n) is 0.596. The van der Waals surface area contributed by atoms with Gasteiger partial charge in [-0.05, 0) is 19.4 Å². The average molecular weight is 137 g/mol. The van der Waals surface area contributed by atoms with Crippen LogP contribution < -0.4 is 0 Å². The Morgan fingerprint density at radius 2 is 2.10 bits per heavy atom. The summed E-state index contributed by atoms with van der Waals surface area (Å²) in [5.74, 6) is 0. The molecule has 0 unspecified atom stereocenters. The number of hydrogen-bond donors (Lipinski definition) is 1. The molecule has 0 radical (unpaired) electrons. The van der Waals surface area contributed by atoms with Gasteiger partial charge in [-0.25, -0.2) is 0 Å². The number of nitrogens with one attached hydrogen (secondary N) is 1. The van der Waals surface area contributed by atoms with Crippen molar-refractivity contribution >= 4 is 5.71 Å². The molecule has 0 amide bonds. The Morgan fingerprint density at radius 3 is 2.50 bits per heavy atom. The molecule has 0 spiro atoms. The fourth-order valence-corrected chi connectivity index (χ4v) is 0.596. The normalized spacial score (nSPS) is 10.2. The van der Waals surface area contributed by atoms with Crippen molar-refractivity contribution in [2.75, 3.05) is 0 Å². The minimum atomic E-state index is 0.686. The standard InChI is InChI=1S/C9H15N/c1-4-5-9(10)7-6-8(2)3/h6-7,10H,2,4-5H2,1,3H3/b7-6-,10-9?. The van der Waals surface area contributed by atoms with Crippen molar-refractivity contribution in [2.45, 2.75) is 26.7 Å². The van der Waals surface area contributed by atoms with Crippen molar-refractivity contribution in [3.05, 3.63) is 24.3 Å². The molecule has 0 saturated heterocycles. The third-order valence-corrected chi connectivity index (χ3v) is 1.09. The van der Waals surface area contributed by atoms with Crippen LogP contribution in [0.5, 0.6) is 0 Å². The zero-order valence-corrected chi connectivity index (χ0v) is 6.78. The Kier molecular flexibility index (Phi) is 4.55. The van der Waals surface area contributed by atoms with Crippen molar-refractivity contribution < 1.29 is 0 Å². The first kappa shape index (κ1) is 9.15. The summed E-state index contributed by atoms with van der Waals surface area (Å²) < 4.78 is 0. The zero-order chi connectivity index (χ0) is 7.98. The van der Waals surface area contributed by atoms with Gasteiger partial charge in [0.25, 0.3) is 0 Å². The lowest BCUT2D eigenvalue weighted by molar-refractivity contribution is 0.990. The number of rotatable bonds is 4. The quantitative estimate of drug-likeness (QED) is 0.455. The Labute approximate surface area is 63.0 Å². The monoisotopic (exact) mass is 137 g/mol.